The topological polar surface area (TPSA) is 21.3 Å². The van der Waals surface area contributed by atoms with Gasteiger partial charge in [0.25, 0.3) is 0 Å². The van der Waals surface area contributed by atoms with Gasteiger partial charge in [0.2, 0.25) is 0 Å². The molecule has 0 unspecified atom stereocenters. The summed E-state index contributed by atoms with van der Waals surface area (Å²) in [6, 6.07) is 78.7. The summed E-state index contributed by atoms with van der Waals surface area (Å²) < 4.78 is 9.08. The molecule has 0 aliphatic rings. The predicted molar refractivity (Wildman–Crippen MR) is 249 cm³/mol. The molecule has 0 saturated heterocycles. The molecule has 0 saturated carbocycles. The fraction of sp³-hybridized carbons (Fsp3) is 0. The zero-order valence-corrected chi connectivity index (χ0v) is 32.1. The van der Waals surface area contributed by atoms with Crippen molar-refractivity contribution in [3.63, 3.8) is 0 Å². The van der Waals surface area contributed by atoms with E-state index in [1.807, 2.05) is 0 Å². The molecule has 3 heteroatoms. The Morgan fingerprint density at radius 3 is 1.71 bits per heavy atom. The van der Waals surface area contributed by atoms with E-state index in [4.69, 9.17) is 4.42 Å². The molecular weight excluding hydrogens is 717 g/mol. The van der Waals surface area contributed by atoms with Crippen molar-refractivity contribution >= 4 is 82.4 Å². The average molecular weight is 753 g/mol. The van der Waals surface area contributed by atoms with E-state index in [1.165, 1.54) is 49.0 Å². The fourth-order valence-corrected chi connectivity index (χ4v) is 9.34. The van der Waals surface area contributed by atoms with E-state index in [0.29, 0.717) is 0 Å². The Hall–Kier alpha value is -7.88. The normalized spacial score (nSPS) is 11.7. The second-order valence-electron chi connectivity index (χ2n) is 15.3. The van der Waals surface area contributed by atoms with Gasteiger partial charge in [0.1, 0.15) is 11.2 Å². The molecule has 0 atom stereocenters. The summed E-state index contributed by atoms with van der Waals surface area (Å²) in [5.41, 5.74) is 13.1. The third kappa shape index (κ3) is 5.29. The highest BCUT2D eigenvalue weighted by Crippen LogP contribution is 2.49. The molecule has 0 N–H and O–H groups in total. The van der Waals surface area contributed by atoms with E-state index >= 15 is 0 Å². The lowest BCUT2D eigenvalue weighted by atomic mass is 9.94. The lowest BCUT2D eigenvalue weighted by Gasteiger charge is -2.28. The van der Waals surface area contributed by atoms with Gasteiger partial charge in [0.15, 0.2) is 0 Å². The molecule has 3 nitrogen and oxygen atoms in total. The monoisotopic (exact) mass is 752 g/mol. The van der Waals surface area contributed by atoms with Gasteiger partial charge in [0.05, 0.1) is 16.7 Å². The number of para-hydroxylation sites is 2. The zero-order chi connectivity index (χ0) is 38.9. The standard InChI is InChI=1S/C56H36N2O/c1-4-16-37(17-5-1)38-28-30-42(31-29-38)57(50-34-40-20-10-11-23-44(40)45-24-12-13-25-46(45)50)43-32-33-49-48(35-43)55-51(58(49)41-21-8-3-9-22-41)36-53-56(47-26-14-15-27-52(47)59-53)54(55)39-18-6-2-7-19-39/h1-36H. The third-order valence-electron chi connectivity index (χ3n) is 11.9. The van der Waals surface area contributed by atoms with Crippen molar-refractivity contribution in [2.45, 2.75) is 0 Å². The number of aromatic nitrogens is 1. The Morgan fingerprint density at radius 2 is 0.949 bits per heavy atom. The highest BCUT2D eigenvalue weighted by molar-refractivity contribution is 6.27. The van der Waals surface area contributed by atoms with Gasteiger partial charge in [-0.2, -0.15) is 0 Å². The molecule has 0 radical (unpaired) electrons. The summed E-state index contributed by atoms with van der Waals surface area (Å²) >= 11 is 0. The first-order valence-electron chi connectivity index (χ1n) is 20.2. The quantitative estimate of drug-likeness (QED) is 0.158. The second kappa shape index (κ2) is 13.4. The molecule has 12 aromatic rings. The first-order chi connectivity index (χ1) is 29.3. The highest BCUT2D eigenvalue weighted by Gasteiger charge is 2.25. The van der Waals surface area contributed by atoms with Crippen LogP contribution in [-0.4, -0.2) is 4.57 Å². The zero-order valence-electron chi connectivity index (χ0n) is 32.1. The van der Waals surface area contributed by atoms with Crippen LogP contribution in [-0.2, 0) is 0 Å². The molecule has 0 bridgehead atoms. The average Bonchev–Trinajstić information content (AvgIpc) is 3.84. The number of anilines is 3. The van der Waals surface area contributed by atoms with Crippen molar-refractivity contribution in [3.8, 4) is 27.9 Å². The number of hydrogen-bond acceptors (Lipinski definition) is 2. The van der Waals surface area contributed by atoms with Crippen LogP contribution in [0.5, 0.6) is 0 Å². The minimum absolute atomic E-state index is 0.875. The Balaban J connectivity index is 1.20. The Kier molecular flexibility index (Phi) is 7.54. The van der Waals surface area contributed by atoms with Crippen LogP contribution in [0.25, 0.3) is 93.2 Å². The molecule has 2 aromatic heterocycles. The number of rotatable bonds is 6. The molecule has 59 heavy (non-hydrogen) atoms. The number of hydrogen-bond donors (Lipinski definition) is 0. The Labute approximate surface area is 341 Å². The molecule has 0 spiro atoms. The van der Waals surface area contributed by atoms with Crippen LogP contribution in [0.3, 0.4) is 0 Å². The smallest absolute Gasteiger partial charge is 0.138 e. The molecule has 0 amide bonds. The van der Waals surface area contributed by atoms with E-state index in [-0.39, 0.29) is 0 Å². The first kappa shape index (κ1) is 33.3. The highest BCUT2D eigenvalue weighted by atomic mass is 16.3. The molecule has 2 heterocycles. The largest absolute Gasteiger partial charge is 0.456 e. The minimum Gasteiger partial charge on any atom is -0.456 e. The van der Waals surface area contributed by atoms with Gasteiger partial charge in [0, 0.05) is 55.6 Å². The summed E-state index contributed by atoms with van der Waals surface area (Å²) in [5, 5.41) is 9.48. The molecule has 276 valence electrons. The summed E-state index contributed by atoms with van der Waals surface area (Å²) in [7, 11) is 0. The van der Waals surface area contributed by atoms with Crippen molar-refractivity contribution in [1.29, 1.82) is 0 Å². The van der Waals surface area contributed by atoms with Crippen molar-refractivity contribution in [2.24, 2.45) is 0 Å². The van der Waals surface area contributed by atoms with Gasteiger partial charge < -0.3 is 13.9 Å². The van der Waals surface area contributed by atoms with E-state index in [2.05, 4.69) is 228 Å². The van der Waals surface area contributed by atoms with Crippen LogP contribution in [0.4, 0.5) is 17.1 Å². The van der Waals surface area contributed by atoms with Crippen LogP contribution >= 0.6 is 0 Å². The van der Waals surface area contributed by atoms with Crippen molar-refractivity contribution < 1.29 is 4.42 Å². The lowest BCUT2D eigenvalue weighted by Crippen LogP contribution is -2.10. The number of furan rings is 1. The van der Waals surface area contributed by atoms with Crippen LogP contribution in [0.2, 0.25) is 0 Å². The number of benzene rings is 10. The molecule has 0 aliphatic carbocycles. The molecule has 10 aromatic carbocycles. The van der Waals surface area contributed by atoms with Gasteiger partial charge in [-0.05, 0) is 87.4 Å². The summed E-state index contributed by atoms with van der Waals surface area (Å²) in [5.74, 6) is 0. The van der Waals surface area contributed by atoms with Crippen LogP contribution in [0, 0.1) is 0 Å². The lowest BCUT2D eigenvalue weighted by molar-refractivity contribution is 0.669. The predicted octanol–water partition coefficient (Wildman–Crippen LogP) is 15.8. The van der Waals surface area contributed by atoms with E-state index in [1.54, 1.807) is 0 Å². The van der Waals surface area contributed by atoms with Gasteiger partial charge >= 0.3 is 0 Å². The van der Waals surface area contributed by atoms with Gasteiger partial charge in [-0.25, -0.2) is 0 Å². The third-order valence-corrected chi connectivity index (χ3v) is 11.9. The van der Waals surface area contributed by atoms with Crippen LogP contribution < -0.4 is 4.90 Å². The van der Waals surface area contributed by atoms with E-state index < -0.39 is 0 Å². The molecular formula is C56H36N2O. The summed E-state index contributed by atoms with van der Waals surface area (Å²) in [4.78, 5) is 2.45. The SMILES string of the molecule is c1ccc(-c2ccc(N(c3ccc4c(c3)c3c(-c5ccccc5)c5c(cc3n4-c3ccccc3)oc3ccccc35)c3cc4ccccc4c4ccccc34)cc2)cc1. The van der Waals surface area contributed by atoms with E-state index in [0.717, 1.165) is 61.3 Å². The molecule has 0 aliphatic heterocycles. The first-order valence-corrected chi connectivity index (χ1v) is 20.2. The van der Waals surface area contributed by atoms with Gasteiger partial charge in [-0.15, -0.1) is 0 Å². The summed E-state index contributed by atoms with van der Waals surface area (Å²) in [6.07, 6.45) is 0. The summed E-state index contributed by atoms with van der Waals surface area (Å²) in [6.45, 7) is 0. The second-order valence-corrected chi connectivity index (χ2v) is 15.3. The van der Waals surface area contributed by atoms with Crippen LogP contribution in [0.15, 0.2) is 223 Å². The maximum Gasteiger partial charge on any atom is 0.138 e. The molecule has 0 fully saturated rings. The maximum absolute atomic E-state index is 6.68. The Morgan fingerprint density at radius 1 is 0.356 bits per heavy atom. The number of nitrogens with zero attached hydrogens (tertiary/aromatic N) is 2. The van der Waals surface area contributed by atoms with Crippen molar-refractivity contribution in [1.82, 2.24) is 4.57 Å². The number of fused-ring (bicyclic) bond motifs is 9. The molecule has 12 rings (SSSR count). The van der Waals surface area contributed by atoms with Gasteiger partial charge in [-0.1, -0.05) is 158 Å². The maximum atomic E-state index is 6.68. The van der Waals surface area contributed by atoms with Crippen LogP contribution in [0.1, 0.15) is 0 Å². The fourth-order valence-electron chi connectivity index (χ4n) is 9.34. The minimum atomic E-state index is 0.875. The van der Waals surface area contributed by atoms with E-state index in [9.17, 15) is 0 Å². The van der Waals surface area contributed by atoms with Gasteiger partial charge in [-0.3, -0.25) is 0 Å². The van der Waals surface area contributed by atoms with Crippen molar-refractivity contribution in [2.75, 3.05) is 4.90 Å². The Bertz CT molecular complexity index is 3530. The van der Waals surface area contributed by atoms with Crippen molar-refractivity contribution in [3.05, 3.63) is 218 Å².